The zero-order chi connectivity index (χ0) is 16.4. The number of methoxy groups -OCH3 is 2. The van der Waals surface area contributed by atoms with Gasteiger partial charge in [0.25, 0.3) is 10.0 Å². The molecule has 0 saturated carbocycles. The van der Waals surface area contributed by atoms with Gasteiger partial charge in [0, 0.05) is 19.2 Å². The van der Waals surface area contributed by atoms with Gasteiger partial charge in [-0.25, -0.2) is 12.7 Å². The molecule has 2 aliphatic rings. The van der Waals surface area contributed by atoms with Crippen LogP contribution in [0.15, 0.2) is 28.1 Å². The molecule has 0 bridgehead atoms. The first-order valence-corrected chi connectivity index (χ1v) is 9.06. The van der Waals surface area contributed by atoms with Crippen molar-refractivity contribution in [2.45, 2.75) is 17.7 Å². The van der Waals surface area contributed by atoms with Gasteiger partial charge in [-0.1, -0.05) is 0 Å². The Morgan fingerprint density at radius 2 is 1.74 bits per heavy atom. The van der Waals surface area contributed by atoms with Crippen molar-refractivity contribution >= 4 is 16.0 Å². The molecule has 0 radical (unpaired) electrons. The van der Waals surface area contributed by atoms with Gasteiger partial charge in [0.2, 0.25) is 5.96 Å². The second kappa shape index (κ2) is 6.27. The van der Waals surface area contributed by atoms with E-state index in [2.05, 4.69) is 4.99 Å². The van der Waals surface area contributed by atoms with Crippen LogP contribution in [0.5, 0.6) is 11.5 Å². The normalized spacial score (nSPS) is 18.3. The van der Waals surface area contributed by atoms with E-state index in [0.717, 1.165) is 25.9 Å². The molecule has 1 saturated heterocycles. The van der Waals surface area contributed by atoms with Gasteiger partial charge in [0.15, 0.2) is 11.5 Å². The van der Waals surface area contributed by atoms with Gasteiger partial charge >= 0.3 is 0 Å². The van der Waals surface area contributed by atoms with E-state index in [-0.39, 0.29) is 4.90 Å². The van der Waals surface area contributed by atoms with Gasteiger partial charge in [-0.15, -0.1) is 0 Å². The number of ether oxygens (including phenoxy) is 2. The zero-order valence-corrected chi connectivity index (χ0v) is 14.2. The SMILES string of the molecule is COc1ccc(S(=O)(=O)N2CCN=C2N2CCCC2)cc1OC. The molecule has 0 amide bonds. The topological polar surface area (TPSA) is 71.4 Å². The molecule has 8 heteroatoms. The zero-order valence-electron chi connectivity index (χ0n) is 13.4. The van der Waals surface area contributed by atoms with Crippen molar-refractivity contribution in [3.05, 3.63) is 18.2 Å². The van der Waals surface area contributed by atoms with Crippen LogP contribution in [0.25, 0.3) is 0 Å². The third-order valence-electron chi connectivity index (χ3n) is 4.11. The Labute approximate surface area is 136 Å². The highest BCUT2D eigenvalue weighted by molar-refractivity contribution is 7.89. The van der Waals surface area contributed by atoms with Crippen molar-refractivity contribution in [1.82, 2.24) is 9.21 Å². The minimum Gasteiger partial charge on any atom is -0.493 e. The smallest absolute Gasteiger partial charge is 0.266 e. The molecule has 2 heterocycles. The fourth-order valence-electron chi connectivity index (χ4n) is 2.93. The predicted molar refractivity (Wildman–Crippen MR) is 86.5 cm³/mol. The molecule has 1 aromatic rings. The van der Waals surface area contributed by atoms with Crippen LogP contribution in [0.1, 0.15) is 12.8 Å². The van der Waals surface area contributed by atoms with Gasteiger partial charge in [0.05, 0.1) is 32.2 Å². The Balaban J connectivity index is 1.93. The summed E-state index contributed by atoms with van der Waals surface area (Å²) in [5.74, 6) is 1.46. The summed E-state index contributed by atoms with van der Waals surface area (Å²) in [5.41, 5.74) is 0. The Morgan fingerprint density at radius 1 is 1.04 bits per heavy atom. The van der Waals surface area contributed by atoms with Crippen LogP contribution < -0.4 is 9.47 Å². The second-order valence-corrected chi connectivity index (χ2v) is 7.33. The summed E-state index contributed by atoms with van der Waals surface area (Å²) in [6.45, 7) is 2.59. The summed E-state index contributed by atoms with van der Waals surface area (Å²) in [6.07, 6.45) is 2.15. The van der Waals surface area contributed by atoms with Crippen molar-refractivity contribution < 1.29 is 17.9 Å². The standard InChI is InChI=1S/C15H21N3O4S/c1-21-13-6-5-12(11-14(13)22-2)23(19,20)18-10-7-16-15(18)17-8-3-4-9-17/h5-6,11H,3-4,7-10H2,1-2H3. The highest BCUT2D eigenvalue weighted by atomic mass is 32.2. The van der Waals surface area contributed by atoms with E-state index in [1.54, 1.807) is 6.07 Å². The van der Waals surface area contributed by atoms with Crippen LogP contribution in [0, 0.1) is 0 Å². The van der Waals surface area contributed by atoms with Crippen molar-refractivity contribution in [3.63, 3.8) is 0 Å². The molecule has 126 valence electrons. The Kier molecular flexibility index (Phi) is 4.34. The number of aliphatic imine (C=N–C) groups is 1. The van der Waals surface area contributed by atoms with E-state index in [4.69, 9.17) is 9.47 Å². The summed E-state index contributed by atoms with van der Waals surface area (Å²) in [7, 11) is -0.652. The summed E-state index contributed by atoms with van der Waals surface area (Å²) < 4.78 is 37.8. The van der Waals surface area contributed by atoms with E-state index in [0.29, 0.717) is 30.5 Å². The molecule has 3 rings (SSSR count). The number of likely N-dealkylation sites (tertiary alicyclic amines) is 1. The molecule has 2 aliphatic heterocycles. The third-order valence-corrected chi connectivity index (χ3v) is 5.89. The second-order valence-electron chi connectivity index (χ2n) is 5.47. The highest BCUT2D eigenvalue weighted by Gasteiger charge is 2.35. The average Bonchev–Trinajstić information content (AvgIpc) is 3.24. The first-order chi connectivity index (χ1) is 11.1. The molecular weight excluding hydrogens is 318 g/mol. The number of hydrogen-bond donors (Lipinski definition) is 0. The van der Waals surface area contributed by atoms with Gasteiger partial charge < -0.3 is 14.4 Å². The Hall–Kier alpha value is -1.96. The summed E-state index contributed by atoms with van der Waals surface area (Å²) in [6, 6.07) is 4.64. The van der Waals surface area contributed by atoms with Crippen LogP contribution in [-0.4, -0.2) is 64.0 Å². The first-order valence-electron chi connectivity index (χ1n) is 7.62. The maximum absolute atomic E-state index is 13.0. The monoisotopic (exact) mass is 339 g/mol. The van der Waals surface area contributed by atoms with Crippen molar-refractivity contribution in [2.75, 3.05) is 40.4 Å². The van der Waals surface area contributed by atoms with E-state index < -0.39 is 10.0 Å². The molecule has 1 fully saturated rings. The number of rotatable bonds is 4. The number of nitrogens with zero attached hydrogens (tertiary/aromatic N) is 3. The lowest BCUT2D eigenvalue weighted by atomic mass is 10.3. The van der Waals surface area contributed by atoms with Gasteiger partial charge in [0.1, 0.15) is 0 Å². The average molecular weight is 339 g/mol. The van der Waals surface area contributed by atoms with Crippen molar-refractivity contribution in [2.24, 2.45) is 4.99 Å². The molecular formula is C15H21N3O4S. The summed E-state index contributed by atoms with van der Waals surface area (Å²) >= 11 is 0. The van der Waals surface area contributed by atoms with E-state index in [1.165, 1.54) is 30.7 Å². The lowest BCUT2D eigenvalue weighted by Crippen LogP contribution is -2.43. The number of sulfonamides is 1. The molecule has 0 unspecified atom stereocenters. The van der Waals surface area contributed by atoms with Crippen molar-refractivity contribution in [3.8, 4) is 11.5 Å². The van der Waals surface area contributed by atoms with Crippen LogP contribution in [0.4, 0.5) is 0 Å². The van der Waals surface area contributed by atoms with Crippen LogP contribution in [0.2, 0.25) is 0 Å². The molecule has 0 spiro atoms. The van der Waals surface area contributed by atoms with Gasteiger partial charge in [-0.2, -0.15) is 0 Å². The van der Waals surface area contributed by atoms with E-state index >= 15 is 0 Å². The maximum atomic E-state index is 13.0. The molecule has 0 N–H and O–H groups in total. The van der Waals surface area contributed by atoms with Gasteiger partial charge in [-0.3, -0.25) is 4.99 Å². The maximum Gasteiger partial charge on any atom is 0.266 e. The summed E-state index contributed by atoms with van der Waals surface area (Å²) in [4.78, 5) is 6.63. The quantitative estimate of drug-likeness (QED) is 0.823. The van der Waals surface area contributed by atoms with Crippen LogP contribution >= 0.6 is 0 Å². The van der Waals surface area contributed by atoms with Gasteiger partial charge in [-0.05, 0) is 25.0 Å². The van der Waals surface area contributed by atoms with Crippen molar-refractivity contribution in [1.29, 1.82) is 0 Å². The highest BCUT2D eigenvalue weighted by Crippen LogP contribution is 2.31. The fourth-order valence-corrected chi connectivity index (χ4v) is 4.39. The molecule has 23 heavy (non-hydrogen) atoms. The summed E-state index contributed by atoms with van der Waals surface area (Å²) in [5, 5.41) is 0. The predicted octanol–water partition coefficient (Wildman–Crippen LogP) is 1.16. The third kappa shape index (κ3) is 2.83. The number of guanidine groups is 1. The van der Waals surface area contributed by atoms with E-state index in [9.17, 15) is 8.42 Å². The molecule has 0 aromatic heterocycles. The Bertz CT molecular complexity index is 711. The largest absolute Gasteiger partial charge is 0.493 e. The molecule has 1 aromatic carbocycles. The number of hydrogen-bond acceptors (Lipinski definition) is 6. The minimum absolute atomic E-state index is 0.184. The fraction of sp³-hybridized carbons (Fsp3) is 0.533. The first kappa shape index (κ1) is 15.9. The lowest BCUT2D eigenvalue weighted by molar-refractivity contribution is 0.353. The molecule has 0 aliphatic carbocycles. The van der Waals surface area contributed by atoms with Crippen LogP contribution in [0.3, 0.4) is 0 Å². The molecule has 0 atom stereocenters. The van der Waals surface area contributed by atoms with Crippen LogP contribution in [-0.2, 0) is 10.0 Å². The number of benzene rings is 1. The molecule has 7 nitrogen and oxygen atoms in total. The van der Waals surface area contributed by atoms with E-state index in [1.807, 2.05) is 4.90 Å². The Morgan fingerprint density at radius 3 is 2.39 bits per heavy atom. The minimum atomic E-state index is -3.66. The lowest BCUT2D eigenvalue weighted by Gasteiger charge is -2.27.